The summed E-state index contributed by atoms with van der Waals surface area (Å²) < 4.78 is 19.0. The van der Waals surface area contributed by atoms with Gasteiger partial charge in [0, 0.05) is 12.0 Å². The molecule has 5 nitrogen and oxygen atoms in total. The second kappa shape index (κ2) is 6.60. The van der Waals surface area contributed by atoms with Crippen LogP contribution in [0.1, 0.15) is 11.1 Å². The number of hydrogen-bond acceptors (Lipinski definition) is 4. The number of nitro groups is 1. The Bertz CT molecular complexity index is 658. The SMILES string of the molecule is O=CCc1ccc(F)c([N+](=O)[O-])c1OCc1ccccc1. The van der Waals surface area contributed by atoms with Crippen LogP contribution in [-0.4, -0.2) is 11.2 Å². The Kier molecular flexibility index (Phi) is 4.61. The standard InChI is InChI=1S/C15H12FNO4/c16-13-7-6-12(8-9-18)15(14(13)17(19)20)21-10-11-4-2-1-3-5-11/h1-7,9H,8,10H2. The van der Waals surface area contributed by atoms with E-state index in [1.807, 2.05) is 6.07 Å². The number of carbonyl (C=O) groups excluding carboxylic acids is 1. The minimum absolute atomic E-state index is 0.0526. The molecule has 0 unspecified atom stereocenters. The van der Waals surface area contributed by atoms with E-state index in [0.29, 0.717) is 6.29 Å². The molecule has 0 amide bonds. The molecule has 0 aliphatic rings. The van der Waals surface area contributed by atoms with Crippen molar-refractivity contribution in [2.45, 2.75) is 13.0 Å². The number of carbonyl (C=O) groups is 1. The van der Waals surface area contributed by atoms with Gasteiger partial charge >= 0.3 is 5.69 Å². The third-order valence-corrected chi connectivity index (χ3v) is 2.88. The van der Waals surface area contributed by atoms with Gasteiger partial charge in [-0.25, -0.2) is 0 Å². The molecule has 21 heavy (non-hydrogen) atoms. The van der Waals surface area contributed by atoms with E-state index in [4.69, 9.17) is 4.74 Å². The highest BCUT2D eigenvalue weighted by Crippen LogP contribution is 2.34. The lowest BCUT2D eigenvalue weighted by molar-refractivity contribution is -0.388. The van der Waals surface area contributed by atoms with E-state index in [1.54, 1.807) is 24.3 Å². The zero-order valence-corrected chi connectivity index (χ0v) is 11.0. The summed E-state index contributed by atoms with van der Waals surface area (Å²) in [6.07, 6.45) is 0.511. The summed E-state index contributed by atoms with van der Waals surface area (Å²) in [6, 6.07) is 11.3. The summed E-state index contributed by atoms with van der Waals surface area (Å²) in [5, 5.41) is 11.0. The van der Waals surface area contributed by atoms with Crippen LogP contribution in [0.15, 0.2) is 42.5 Å². The summed E-state index contributed by atoms with van der Waals surface area (Å²) in [6.45, 7) is 0.0526. The first-order chi connectivity index (χ1) is 10.1. The fourth-order valence-corrected chi connectivity index (χ4v) is 1.90. The normalized spacial score (nSPS) is 10.1. The summed E-state index contributed by atoms with van der Waals surface area (Å²) in [5.74, 6) is -1.19. The number of ether oxygens (including phenoxy) is 1. The molecule has 2 aromatic rings. The van der Waals surface area contributed by atoms with Crippen LogP contribution in [0.4, 0.5) is 10.1 Å². The lowest BCUT2D eigenvalue weighted by Crippen LogP contribution is -2.04. The van der Waals surface area contributed by atoms with E-state index in [1.165, 1.54) is 6.07 Å². The fraction of sp³-hybridized carbons (Fsp3) is 0.133. The molecule has 0 saturated carbocycles. The molecule has 0 aromatic heterocycles. The Morgan fingerprint density at radius 1 is 1.19 bits per heavy atom. The number of nitrogens with zero attached hydrogens (tertiary/aromatic N) is 1. The molecule has 0 saturated heterocycles. The zero-order valence-electron chi connectivity index (χ0n) is 11.0. The van der Waals surface area contributed by atoms with Crippen molar-refractivity contribution in [1.29, 1.82) is 0 Å². The number of nitro benzene ring substituents is 1. The Morgan fingerprint density at radius 2 is 1.90 bits per heavy atom. The predicted molar refractivity (Wildman–Crippen MR) is 73.6 cm³/mol. The van der Waals surface area contributed by atoms with Gasteiger partial charge in [0.15, 0.2) is 0 Å². The molecule has 0 aliphatic heterocycles. The van der Waals surface area contributed by atoms with Crippen LogP contribution < -0.4 is 4.74 Å². The minimum atomic E-state index is -0.988. The van der Waals surface area contributed by atoms with Crippen LogP contribution in [0.25, 0.3) is 0 Å². The number of rotatable bonds is 6. The van der Waals surface area contributed by atoms with E-state index in [-0.39, 0.29) is 24.3 Å². The molecule has 2 rings (SSSR count). The average molecular weight is 289 g/mol. The van der Waals surface area contributed by atoms with Crippen LogP contribution >= 0.6 is 0 Å². The molecule has 6 heteroatoms. The van der Waals surface area contributed by atoms with Crippen LogP contribution in [-0.2, 0) is 17.8 Å². The van der Waals surface area contributed by atoms with Gasteiger partial charge in [-0.1, -0.05) is 36.4 Å². The fourth-order valence-electron chi connectivity index (χ4n) is 1.90. The van der Waals surface area contributed by atoms with Gasteiger partial charge in [-0.05, 0) is 11.6 Å². The maximum atomic E-state index is 13.6. The molecule has 108 valence electrons. The molecule has 0 fully saturated rings. The molecule has 2 aromatic carbocycles. The van der Waals surface area contributed by atoms with Gasteiger partial charge in [0.1, 0.15) is 12.9 Å². The molecule has 0 spiro atoms. The molecule has 0 radical (unpaired) electrons. The number of aldehydes is 1. The quantitative estimate of drug-likeness (QED) is 0.465. The molecular weight excluding hydrogens is 277 g/mol. The van der Waals surface area contributed by atoms with Gasteiger partial charge in [-0.3, -0.25) is 10.1 Å². The smallest absolute Gasteiger partial charge is 0.346 e. The molecule has 0 N–H and O–H groups in total. The maximum absolute atomic E-state index is 13.6. The van der Waals surface area contributed by atoms with E-state index in [2.05, 4.69) is 0 Å². The monoisotopic (exact) mass is 289 g/mol. The van der Waals surface area contributed by atoms with Gasteiger partial charge in [0.05, 0.1) is 4.92 Å². The largest absolute Gasteiger partial charge is 0.482 e. The Balaban J connectivity index is 2.36. The lowest BCUT2D eigenvalue weighted by Gasteiger charge is -2.11. The van der Waals surface area contributed by atoms with Crippen molar-refractivity contribution in [3.8, 4) is 5.75 Å². The first-order valence-corrected chi connectivity index (χ1v) is 6.19. The van der Waals surface area contributed by atoms with Gasteiger partial charge in [0.2, 0.25) is 11.6 Å². The van der Waals surface area contributed by atoms with Crippen molar-refractivity contribution in [2.24, 2.45) is 0 Å². The highest BCUT2D eigenvalue weighted by atomic mass is 19.1. The Labute approximate surface area is 120 Å². The molecular formula is C15H12FNO4. The van der Waals surface area contributed by atoms with Crippen LogP contribution in [0.5, 0.6) is 5.75 Å². The van der Waals surface area contributed by atoms with E-state index < -0.39 is 16.4 Å². The van der Waals surface area contributed by atoms with E-state index >= 15 is 0 Å². The zero-order chi connectivity index (χ0) is 15.2. The molecule has 0 heterocycles. The highest BCUT2D eigenvalue weighted by Gasteiger charge is 2.25. The van der Waals surface area contributed by atoms with Crippen LogP contribution in [0, 0.1) is 15.9 Å². The van der Waals surface area contributed by atoms with Crippen LogP contribution in [0.2, 0.25) is 0 Å². The third kappa shape index (κ3) is 3.42. The lowest BCUT2D eigenvalue weighted by atomic mass is 10.1. The summed E-state index contributed by atoms with van der Waals surface area (Å²) in [4.78, 5) is 20.8. The van der Waals surface area contributed by atoms with Crippen molar-refractivity contribution < 1.29 is 18.8 Å². The van der Waals surface area contributed by atoms with Crippen molar-refractivity contribution in [2.75, 3.05) is 0 Å². The van der Waals surface area contributed by atoms with Gasteiger partial charge in [0.25, 0.3) is 0 Å². The number of halogens is 1. The van der Waals surface area contributed by atoms with Gasteiger partial charge in [-0.2, -0.15) is 4.39 Å². The second-order valence-corrected chi connectivity index (χ2v) is 4.29. The summed E-state index contributed by atoms with van der Waals surface area (Å²) in [5.41, 5.74) is 0.326. The average Bonchev–Trinajstić information content (AvgIpc) is 2.48. The summed E-state index contributed by atoms with van der Waals surface area (Å²) >= 11 is 0. The van der Waals surface area contributed by atoms with Crippen molar-refractivity contribution in [1.82, 2.24) is 0 Å². The second-order valence-electron chi connectivity index (χ2n) is 4.29. The minimum Gasteiger partial charge on any atom is -0.482 e. The van der Waals surface area contributed by atoms with E-state index in [9.17, 15) is 19.3 Å². The molecule has 0 aliphatic carbocycles. The Morgan fingerprint density at radius 3 is 2.52 bits per heavy atom. The topological polar surface area (TPSA) is 69.4 Å². The first-order valence-electron chi connectivity index (χ1n) is 6.19. The molecule has 0 bridgehead atoms. The van der Waals surface area contributed by atoms with Crippen molar-refractivity contribution >= 4 is 12.0 Å². The van der Waals surface area contributed by atoms with Crippen molar-refractivity contribution in [3.05, 3.63) is 69.5 Å². The Hall–Kier alpha value is -2.76. The number of benzene rings is 2. The van der Waals surface area contributed by atoms with Gasteiger partial charge in [-0.15, -0.1) is 0 Å². The third-order valence-electron chi connectivity index (χ3n) is 2.88. The van der Waals surface area contributed by atoms with Crippen molar-refractivity contribution in [3.63, 3.8) is 0 Å². The van der Waals surface area contributed by atoms with E-state index in [0.717, 1.165) is 11.6 Å². The predicted octanol–water partition coefficient (Wildman–Crippen LogP) is 3.05. The molecule has 0 atom stereocenters. The van der Waals surface area contributed by atoms with Gasteiger partial charge < -0.3 is 9.53 Å². The number of hydrogen-bond donors (Lipinski definition) is 0. The highest BCUT2D eigenvalue weighted by molar-refractivity contribution is 5.62. The summed E-state index contributed by atoms with van der Waals surface area (Å²) in [7, 11) is 0. The van der Waals surface area contributed by atoms with Crippen LogP contribution in [0.3, 0.4) is 0 Å². The first kappa shape index (κ1) is 14.6. The maximum Gasteiger partial charge on any atom is 0.346 e.